The van der Waals surface area contributed by atoms with E-state index in [-0.39, 0.29) is 16.9 Å². The molecule has 8 heteroatoms. The number of hydrogen-bond donors (Lipinski definition) is 1. The van der Waals surface area contributed by atoms with Crippen LogP contribution in [0.3, 0.4) is 0 Å². The zero-order chi connectivity index (χ0) is 16.3. The molecular weight excluding hydrogens is 317 g/mol. The van der Waals surface area contributed by atoms with E-state index in [0.717, 1.165) is 37.1 Å². The van der Waals surface area contributed by atoms with Gasteiger partial charge in [0.05, 0.1) is 9.79 Å². The van der Waals surface area contributed by atoms with Gasteiger partial charge in [0.25, 0.3) is 0 Å². The summed E-state index contributed by atoms with van der Waals surface area (Å²) in [5.41, 5.74) is 0. The van der Waals surface area contributed by atoms with Gasteiger partial charge in [0, 0.05) is 6.04 Å². The van der Waals surface area contributed by atoms with Crippen molar-refractivity contribution in [2.45, 2.75) is 49.4 Å². The SMILES string of the molecule is CCC(CC)C(C)NS(=O)(=O)c1ccc(S(=O)(=O)F)cc1. The highest BCUT2D eigenvalue weighted by Gasteiger charge is 2.22. The van der Waals surface area contributed by atoms with Crippen molar-refractivity contribution >= 4 is 20.2 Å². The molecule has 0 aliphatic carbocycles. The molecular formula is C13H20FNO4S2. The first kappa shape index (κ1) is 18.1. The van der Waals surface area contributed by atoms with E-state index in [2.05, 4.69) is 4.72 Å². The molecule has 0 spiro atoms. The summed E-state index contributed by atoms with van der Waals surface area (Å²) in [5, 5.41) is 0. The van der Waals surface area contributed by atoms with E-state index >= 15 is 0 Å². The number of benzene rings is 1. The second kappa shape index (κ2) is 6.85. The van der Waals surface area contributed by atoms with Crippen molar-refractivity contribution in [3.8, 4) is 0 Å². The largest absolute Gasteiger partial charge is 0.332 e. The molecule has 5 nitrogen and oxygen atoms in total. The number of halogens is 1. The van der Waals surface area contributed by atoms with Crippen LogP contribution in [0.1, 0.15) is 33.6 Å². The molecule has 0 saturated carbocycles. The van der Waals surface area contributed by atoms with Crippen molar-refractivity contribution in [2.24, 2.45) is 5.92 Å². The molecule has 0 aliphatic heterocycles. The van der Waals surface area contributed by atoms with Crippen molar-refractivity contribution in [2.75, 3.05) is 0 Å². The van der Waals surface area contributed by atoms with Crippen molar-refractivity contribution in [3.05, 3.63) is 24.3 Å². The zero-order valence-corrected chi connectivity index (χ0v) is 13.8. The lowest BCUT2D eigenvalue weighted by molar-refractivity contribution is 0.390. The third kappa shape index (κ3) is 4.76. The summed E-state index contributed by atoms with van der Waals surface area (Å²) < 4.78 is 61.1. The molecule has 0 saturated heterocycles. The first-order chi connectivity index (χ1) is 9.61. The maximum atomic E-state index is 12.8. The van der Waals surface area contributed by atoms with E-state index in [4.69, 9.17) is 0 Å². The summed E-state index contributed by atoms with van der Waals surface area (Å²) in [4.78, 5) is -0.651. The Hall–Kier alpha value is -0.990. The highest BCUT2D eigenvalue weighted by Crippen LogP contribution is 2.19. The third-order valence-corrected chi connectivity index (χ3v) is 5.92. The van der Waals surface area contributed by atoms with Crippen LogP contribution in [0, 0.1) is 5.92 Å². The quantitative estimate of drug-likeness (QED) is 0.775. The van der Waals surface area contributed by atoms with Crippen LogP contribution in [0.4, 0.5) is 3.89 Å². The molecule has 1 aromatic carbocycles. The van der Waals surface area contributed by atoms with Crippen molar-refractivity contribution in [3.63, 3.8) is 0 Å². The fourth-order valence-electron chi connectivity index (χ4n) is 2.19. The van der Waals surface area contributed by atoms with Crippen LogP contribution >= 0.6 is 0 Å². The number of hydrogen-bond acceptors (Lipinski definition) is 4. The van der Waals surface area contributed by atoms with Gasteiger partial charge in [0.15, 0.2) is 0 Å². The average molecular weight is 337 g/mol. The minimum Gasteiger partial charge on any atom is -0.208 e. The molecule has 1 atom stereocenters. The van der Waals surface area contributed by atoms with Gasteiger partial charge in [-0.2, -0.15) is 8.42 Å². The number of nitrogens with one attached hydrogen (secondary N) is 1. The fourth-order valence-corrected chi connectivity index (χ4v) is 3.96. The molecule has 120 valence electrons. The molecule has 21 heavy (non-hydrogen) atoms. The van der Waals surface area contributed by atoms with Gasteiger partial charge >= 0.3 is 10.2 Å². The van der Waals surface area contributed by atoms with Gasteiger partial charge in [0.2, 0.25) is 10.0 Å². The standard InChI is InChI=1S/C13H20FNO4S2/c1-4-11(5-2)10(3)15-21(18,19)13-8-6-12(7-9-13)20(14,16)17/h6-11,15H,4-5H2,1-3H3. The Kier molecular flexibility index (Phi) is 5.89. The molecule has 0 aromatic heterocycles. The fraction of sp³-hybridized carbons (Fsp3) is 0.538. The average Bonchev–Trinajstić information content (AvgIpc) is 2.38. The van der Waals surface area contributed by atoms with Gasteiger partial charge in [-0.25, -0.2) is 13.1 Å². The Morgan fingerprint density at radius 2 is 1.43 bits per heavy atom. The molecule has 0 heterocycles. The van der Waals surface area contributed by atoms with Crippen LogP contribution in [0.25, 0.3) is 0 Å². The molecule has 0 bridgehead atoms. The van der Waals surface area contributed by atoms with Crippen molar-refractivity contribution in [1.29, 1.82) is 0 Å². The lowest BCUT2D eigenvalue weighted by Crippen LogP contribution is -2.37. The Morgan fingerprint density at radius 3 is 1.81 bits per heavy atom. The summed E-state index contributed by atoms with van der Waals surface area (Å²) >= 11 is 0. The Labute approximate surface area is 125 Å². The van der Waals surface area contributed by atoms with E-state index < -0.39 is 25.1 Å². The van der Waals surface area contributed by atoms with Gasteiger partial charge in [-0.1, -0.05) is 26.7 Å². The lowest BCUT2D eigenvalue weighted by Gasteiger charge is -2.22. The highest BCUT2D eigenvalue weighted by molar-refractivity contribution is 7.89. The predicted octanol–water partition coefficient (Wildman–Crippen LogP) is 2.45. The molecule has 0 aliphatic rings. The Bertz CT molecular complexity index is 665. The molecule has 1 rings (SSSR count). The van der Waals surface area contributed by atoms with Crippen LogP contribution in [-0.2, 0) is 20.2 Å². The number of rotatable bonds is 7. The van der Waals surface area contributed by atoms with Gasteiger partial charge in [-0.05, 0) is 37.1 Å². The lowest BCUT2D eigenvalue weighted by atomic mass is 9.96. The van der Waals surface area contributed by atoms with Gasteiger partial charge < -0.3 is 0 Å². The van der Waals surface area contributed by atoms with E-state index in [1.54, 1.807) is 6.92 Å². The molecule has 0 fully saturated rings. The van der Waals surface area contributed by atoms with E-state index in [9.17, 15) is 20.7 Å². The third-order valence-electron chi connectivity index (χ3n) is 3.51. The van der Waals surface area contributed by atoms with Crippen LogP contribution in [-0.4, -0.2) is 22.9 Å². The second-order valence-electron chi connectivity index (χ2n) is 4.90. The first-order valence-corrected chi connectivity index (χ1v) is 9.55. The first-order valence-electron chi connectivity index (χ1n) is 6.68. The highest BCUT2D eigenvalue weighted by atomic mass is 32.3. The summed E-state index contributed by atoms with van der Waals surface area (Å²) in [7, 11) is -8.58. The Morgan fingerprint density at radius 1 is 1.00 bits per heavy atom. The predicted molar refractivity (Wildman–Crippen MR) is 78.6 cm³/mol. The second-order valence-corrected chi connectivity index (χ2v) is 7.96. The summed E-state index contributed by atoms with van der Waals surface area (Å²) in [6, 6.07) is 3.79. The molecule has 1 unspecified atom stereocenters. The zero-order valence-electron chi connectivity index (χ0n) is 12.2. The van der Waals surface area contributed by atoms with Crippen LogP contribution < -0.4 is 4.72 Å². The summed E-state index contributed by atoms with van der Waals surface area (Å²) in [5.74, 6) is 0.213. The smallest absolute Gasteiger partial charge is 0.208 e. The van der Waals surface area contributed by atoms with Crippen LogP contribution in [0.2, 0.25) is 0 Å². The maximum Gasteiger partial charge on any atom is 0.332 e. The van der Waals surface area contributed by atoms with E-state index in [1.165, 1.54) is 0 Å². The van der Waals surface area contributed by atoms with Crippen molar-refractivity contribution < 1.29 is 20.7 Å². The maximum absolute atomic E-state index is 12.8. The number of sulfonamides is 1. The van der Waals surface area contributed by atoms with Gasteiger partial charge in [-0.3, -0.25) is 0 Å². The van der Waals surface area contributed by atoms with Gasteiger partial charge in [-0.15, -0.1) is 3.89 Å². The minimum atomic E-state index is -4.82. The monoisotopic (exact) mass is 337 g/mol. The summed E-state index contributed by atoms with van der Waals surface area (Å²) in [6.07, 6.45) is 1.69. The molecule has 1 N–H and O–H groups in total. The summed E-state index contributed by atoms with van der Waals surface area (Å²) in [6.45, 7) is 5.76. The molecule has 0 radical (unpaired) electrons. The van der Waals surface area contributed by atoms with Crippen LogP contribution in [0.5, 0.6) is 0 Å². The molecule has 1 aromatic rings. The molecule has 0 amide bonds. The van der Waals surface area contributed by atoms with Crippen molar-refractivity contribution in [1.82, 2.24) is 4.72 Å². The van der Waals surface area contributed by atoms with Gasteiger partial charge in [0.1, 0.15) is 0 Å². The normalized spacial score (nSPS) is 14.3. The minimum absolute atomic E-state index is 0.0901. The Balaban J connectivity index is 2.98. The van der Waals surface area contributed by atoms with E-state index in [1.807, 2.05) is 13.8 Å². The van der Waals surface area contributed by atoms with Crippen LogP contribution in [0.15, 0.2) is 34.1 Å². The topological polar surface area (TPSA) is 80.3 Å². The van der Waals surface area contributed by atoms with E-state index in [0.29, 0.717) is 0 Å².